The van der Waals surface area contributed by atoms with Gasteiger partial charge >= 0.3 is 0 Å². The smallest absolute Gasteiger partial charge is 0.0207 e. The number of nitrogens with one attached hydrogen (secondary N) is 1. The molecule has 0 saturated carbocycles. The molecule has 0 fully saturated rings. The van der Waals surface area contributed by atoms with E-state index in [1.807, 2.05) is 23.5 Å². The zero-order valence-corrected chi connectivity index (χ0v) is 12.7. The van der Waals surface area contributed by atoms with Crippen LogP contribution in [0.25, 0.3) is 0 Å². The van der Waals surface area contributed by atoms with Crippen LogP contribution in [0.2, 0.25) is 0 Å². The molecule has 1 N–H and O–H groups in total. The average molecular weight is 269 g/mol. The summed E-state index contributed by atoms with van der Waals surface area (Å²) in [4.78, 5) is 1.39. The lowest BCUT2D eigenvalue weighted by atomic mass is 10.2. The molecule has 0 unspecified atom stereocenters. The van der Waals surface area contributed by atoms with Crippen LogP contribution in [0.1, 0.15) is 25.8 Å². The molecule has 1 aromatic carbocycles. The quantitative estimate of drug-likeness (QED) is 0.565. The van der Waals surface area contributed by atoms with E-state index in [1.54, 1.807) is 0 Å². The molecule has 0 saturated heterocycles. The molecule has 96 valence electrons. The van der Waals surface area contributed by atoms with Gasteiger partial charge < -0.3 is 5.32 Å². The first-order valence-corrected chi connectivity index (χ1v) is 8.54. The maximum absolute atomic E-state index is 3.43. The third-order valence-corrected chi connectivity index (χ3v) is 4.19. The summed E-state index contributed by atoms with van der Waals surface area (Å²) >= 11 is 3.89. The van der Waals surface area contributed by atoms with Crippen molar-refractivity contribution in [3.8, 4) is 0 Å². The Morgan fingerprint density at radius 1 is 1.12 bits per heavy atom. The fourth-order valence-corrected chi connectivity index (χ4v) is 2.89. The van der Waals surface area contributed by atoms with Gasteiger partial charge in [-0.15, -0.1) is 11.8 Å². The minimum Gasteiger partial charge on any atom is -0.310 e. The van der Waals surface area contributed by atoms with Crippen molar-refractivity contribution < 1.29 is 0 Å². The molecule has 0 aliphatic heterocycles. The summed E-state index contributed by atoms with van der Waals surface area (Å²) in [5.74, 6) is 2.49. The van der Waals surface area contributed by atoms with Crippen LogP contribution < -0.4 is 5.32 Å². The Morgan fingerprint density at radius 2 is 1.82 bits per heavy atom. The Hall–Kier alpha value is -0.120. The number of rotatable bonds is 8. The molecule has 1 nitrogen and oxygen atoms in total. The number of thioether (sulfide) groups is 2. The summed E-state index contributed by atoms with van der Waals surface area (Å²) < 4.78 is 0. The van der Waals surface area contributed by atoms with E-state index in [2.05, 4.69) is 49.7 Å². The summed E-state index contributed by atoms with van der Waals surface area (Å²) in [6, 6.07) is 9.48. The normalized spacial score (nSPS) is 11.1. The van der Waals surface area contributed by atoms with Crippen LogP contribution in [0, 0.1) is 0 Å². The molecule has 0 bridgehead atoms. The van der Waals surface area contributed by atoms with Gasteiger partial charge in [0.1, 0.15) is 0 Å². The average Bonchev–Trinajstić information content (AvgIpc) is 2.33. The largest absolute Gasteiger partial charge is 0.310 e. The fraction of sp³-hybridized carbons (Fsp3) is 0.571. The van der Waals surface area contributed by atoms with Gasteiger partial charge in [0.15, 0.2) is 0 Å². The molecule has 3 heteroatoms. The first-order valence-electron chi connectivity index (χ1n) is 6.16. The van der Waals surface area contributed by atoms with E-state index in [9.17, 15) is 0 Å². The van der Waals surface area contributed by atoms with E-state index < -0.39 is 0 Å². The van der Waals surface area contributed by atoms with Gasteiger partial charge in [0, 0.05) is 17.5 Å². The molecule has 1 aromatic rings. The minimum absolute atomic E-state index is 0.551. The summed E-state index contributed by atoms with van der Waals surface area (Å²) in [6.07, 6.45) is 3.46. The number of hydrogen-bond donors (Lipinski definition) is 1. The monoisotopic (exact) mass is 269 g/mol. The molecular weight excluding hydrogens is 246 g/mol. The van der Waals surface area contributed by atoms with Crippen LogP contribution in [0.4, 0.5) is 0 Å². The molecule has 1 rings (SSSR count). The summed E-state index contributed by atoms with van der Waals surface area (Å²) in [6.45, 7) is 5.32. The highest BCUT2D eigenvalue weighted by Crippen LogP contribution is 2.19. The zero-order chi connectivity index (χ0) is 12.5. The van der Waals surface area contributed by atoms with Crippen molar-refractivity contribution in [1.82, 2.24) is 5.32 Å². The van der Waals surface area contributed by atoms with Gasteiger partial charge in [-0.05, 0) is 41.9 Å². The van der Waals surface area contributed by atoms with E-state index in [0.29, 0.717) is 6.04 Å². The molecule has 0 spiro atoms. The van der Waals surface area contributed by atoms with Crippen LogP contribution in [0.15, 0.2) is 29.2 Å². The van der Waals surface area contributed by atoms with Gasteiger partial charge in [-0.3, -0.25) is 0 Å². The maximum atomic E-state index is 3.43. The third-order valence-electron chi connectivity index (χ3n) is 2.40. The Balaban J connectivity index is 2.29. The predicted octanol–water partition coefficient (Wildman–Crippen LogP) is 4.03. The van der Waals surface area contributed by atoms with Gasteiger partial charge in [-0.1, -0.05) is 26.0 Å². The molecule has 0 radical (unpaired) electrons. The van der Waals surface area contributed by atoms with Gasteiger partial charge in [0.25, 0.3) is 0 Å². The molecule has 0 aliphatic rings. The Labute approximate surface area is 114 Å². The lowest BCUT2D eigenvalue weighted by Gasteiger charge is -2.08. The Kier molecular flexibility index (Phi) is 7.82. The first kappa shape index (κ1) is 14.9. The van der Waals surface area contributed by atoms with E-state index in [1.165, 1.54) is 28.4 Å². The third kappa shape index (κ3) is 7.02. The second kappa shape index (κ2) is 8.90. The molecule has 0 atom stereocenters. The SMILES string of the molecule is CSCCCSc1ccc(CNC(C)C)cc1. The van der Waals surface area contributed by atoms with E-state index >= 15 is 0 Å². The lowest BCUT2D eigenvalue weighted by Crippen LogP contribution is -2.21. The van der Waals surface area contributed by atoms with E-state index in [-0.39, 0.29) is 0 Å². The number of benzene rings is 1. The van der Waals surface area contributed by atoms with Crippen molar-refractivity contribution in [1.29, 1.82) is 0 Å². The molecule has 0 aliphatic carbocycles. The van der Waals surface area contributed by atoms with Crippen LogP contribution in [0.5, 0.6) is 0 Å². The topological polar surface area (TPSA) is 12.0 Å². The number of hydrogen-bond acceptors (Lipinski definition) is 3. The van der Waals surface area contributed by atoms with Gasteiger partial charge in [0.05, 0.1) is 0 Å². The van der Waals surface area contributed by atoms with Crippen LogP contribution in [0.3, 0.4) is 0 Å². The Morgan fingerprint density at radius 3 is 2.41 bits per heavy atom. The second-order valence-corrected chi connectivity index (χ2v) is 6.53. The molecule has 17 heavy (non-hydrogen) atoms. The van der Waals surface area contributed by atoms with Crippen molar-refractivity contribution in [3.63, 3.8) is 0 Å². The lowest BCUT2D eigenvalue weighted by molar-refractivity contribution is 0.588. The zero-order valence-electron chi connectivity index (χ0n) is 11.0. The van der Waals surface area contributed by atoms with Crippen molar-refractivity contribution >= 4 is 23.5 Å². The van der Waals surface area contributed by atoms with Crippen LogP contribution >= 0.6 is 23.5 Å². The molecular formula is C14H23NS2. The molecule has 0 aromatic heterocycles. The van der Waals surface area contributed by atoms with Crippen molar-refractivity contribution in [3.05, 3.63) is 29.8 Å². The predicted molar refractivity (Wildman–Crippen MR) is 82.1 cm³/mol. The van der Waals surface area contributed by atoms with Gasteiger partial charge in [-0.2, -0.15) is 11.8 Å². The summed E-state index contributed by atoms with van der Waals surface area (Å²) in [5.41, 5.74) is 1.37. The van der Waals surface area contributed by atoms with Crippen molar-refractivity contribution in [2.45, 2.75) is 37.8 Å². The maximum Gasteiger partial charge on any atom is 0.0207 e. The van der Waals surface area contributed by atoms with Crippen LogP contribution in [-0.2, 0) is 6.54 Å². The molecule has 0 heterocycles. The minimum atomic E-state index is 0.551. The van der Waals surface area contributed by atoms with Gasteiger partial charge in [0.2, 0.25) is 0 Å². The van der Waals surface area contributed by atoms with Gasteiger partial charge in [-0.25, -0.2) is 0 Å². The second-order valence-electron chi connectivity index (χ2n) is 4.37. The fourth-order valence-electron chi connectivity index (χ4n) is 1.42. The summed E-state index contributed by atoms with van der Waals surface area (Å²) in [5, 5.41) is 3.43. The highest BCUT2D eigenvalue weighted by Gasteiger charge is 1.97. The van der Waals surface area contributed by atoms with E-state index in [0.717, 1.165) is 6.54 Å². The standard InChI is InChI=1S/C14H23NS2/c1-12(2)15-11-13-5-7-14(8-6-13)17-10-4-9-16-3/h5-8,12,15H,4,9-11H2,1-3H3. The highest BCUT2D eigenvalue weighted by atomic mass is 32.2. The summed E-state index contributed by atoms with van der Waals surface area (Å²) in [7, 11) is 0. The van der Waals surface area contributed by atoms with E-state index in [4.69, 9.17) is 0 Å². The van der Waals surface area contributed by atoms with Crippen molar-refractivity contribution in [2.75, 3.05) is 17.8 Å². The first-order chi connectivity index (χ1) is 8.22. The van der Waals surface area contributed by atoms with Crippen molar-refractivity contribution in [2.24, 2.45) is 0 Å². The highest BCUT2D eigenvalue weighted by molar-refractivity contribution is 7.99. The molecule has 0 amide bonds. The Bertz CT molecular complexity index is 296. The van der Waals surface area contributed by atoms with Crippen LogP contribution in [-0.4, -0.2) is 23.8 Å².